The smallest absolute Gasteiger partial charge is 0.130 e. The maximum Gasteiger partial charge on any atom is 0.130 e. The number of anilines is 1. The summed E-state index contributed by atoms with van der Waals surface area (Å²) >= 11 is 0. The van der Waals surface area contributed by atoms with Crippen LogP contribution in [0.25, 0.3) is 16.5 Å². The van der Waals surface area contributed by atoms with Crippen molar-refractivity contribution in [3.05, 3.63) is 46.1 Å². The fraction of sp³-hybridized carbons (Fsp3) is 0.111. The molecule has 0 saturated heterocycles. The largest absolute Gasteiger partial charge is 0.399 e. The van der Waals surface area contributed by atoms with Crippen LogP contribution in [0.5, 0.6) is 0 Å². The van der Waals surface area contributed by atoms with Crippen LogP contribution in [0.1, 0.15) is 5.56 Å². The van der Waals surface area contributed by atoms with Gasteiger partial charge >= 0.3 is 0 Å². The van der Waals surface area contributed by atoms with Crippen molar-refractivity contribution < 1.29 is 4.39 Å². The van der Waals surface area contributed by atoms with Crippen molar-refractivity contribution in [2.24, 2.45) is 5.11 Å². The van der Waals surface area contributed by atoms with Crippen molar-refractivity contribution in [1.82, 2.24) is 0 Å². The van der Waals surface area contributed by atoms with Gasteiger partial charge in [0.15, 0.2) is 0 Å². The van der Waals surface area contributed by atoms with Gasteiger partial charge in [0.25, 0.3) is 0 Å². The normalized spacial score (nSPS) is 10.1. The van der Waals surface area contributed by atoms with Gasteiger partial charge in [-0.15, -0.1) is 0 Å². The van der Waals surface area contributed by atoms with Gasteiger partial charge in [0.2, 0.25) is 0 Å². The number of rotatable bonds is 3. The number of benzene rings is 1. The molecule has 0 aliphatic carbocycles. The van der Waals surface area contributed by atoms with Gasteiger partial charge in [0, 0.05) is 22.7 Å². The number of halogens is 1. The fourth-order valence-corrected chi connectivity index (χ4v) is 0.953. The topological polar surface area (TPSA) is 74.8 Å². The zero-order valence-electron chi connectivity index (χ0n) is 7.39. The Morgan fingerprint density at radius 2 is 2.36 bits per heavy atom. The molecule has 2 N–H and O–H groups in total. The predicted octanol–water partition coefficient (Wildman–Crippen LogP) is 2.73. The Kier molecular flexibility index (Phi) is 3.52. The van der Waals surface area contributed by atoms with E-state index >= 15 is 0 Å². The van der Waals surface area contributed by atoms with Crippen molar-refractivity contribution in [2.45, 2.75) is 0 Å². The van der Waals surface area contributed by atoms with Crippen LogP contribution in [-0.2, 0) is 0 Å². The molecule has 0 spiro atoms. The lowest BCUT2D eigenvalue weighted by atomic mass is 10.2. The Hall–Kier alpha value is -2.00. The SMILES string of the molecule is [N-]=[N+]=NCC=Cc1cc(N)ccc1F. The molecule has 0 fully saturated rings. The van der Waals surface area contributed by atoms with Crippen molar-refractivity contribution in [1.29, 1.82) is 0 Å². The molecule has 1 rings (SSSR count). The summed E-state index contributed by atoms with van der Waals surface area (Å²) in [4.78, 5) is 2.56. The zero-order chi connectivity index (χ0) is 10.4. The van der Waals surface area contributed by atoms with E-state index in [9.17, 15) is 4.39 Å². The highest BCUT2D eigenvalue weighted by atomic mass is 19.1. The Bertz CT molecular complexity index is 394. The summed E-state index contributed by atoms with van der Waals surface area (Å²) in [7, 11) is 0. The molecule has 0 unspecified atom stereocenters. The van der Waals surface area contributed by atoms with Crippen molar-refractivity contribution in [2.75, 3.05) is 12.3 Å². The number of hydrogen-bond acceptors (Lipinski definition) is 2. The highest BCUT2D eigenvalue weighted by Gasteiger charge is 1.97. The third-order valence-electron chi connectivity index (χ3n) is 1.57. The van der Waals surface area contributed by atoms with Crippen molar-refractivity contribution in [3.8, 4) is 0 Å². The van der Waals surface area contributed by atoms with Gasteiger partial charge in [-0.25, -0.2) is 4.39 Å². The zero-order valence-corrected chi connectivity index (χ0v) is 7.39. The first kappa shape index (κ1) is 10.1. The molecule has 72 valence electrons. The molecule has 0 radical (unpaired) electrons. The summed E-state index contributed by atoms with van der Waals surface area (Å²) < 4.78 is 13.1. The van der Waals surface area contributed by atoms with Crippen LogP contribution in [0.2, 0.25) is 0 Å². The molecule has 0 heterocycles. The Balaban J connectivity index is 2.79. The first-order valence-corrected chi connectivity index (χ1v) is 3.96. The highest BCUT2D eigenvalue weighted by molar-refractivity contribution is 5.56. The van der Waals surface area contributed by atoms with E-state index in [4.69, 9.17) is 11.3 Å². The lowest BCUT2D eigenvalue weighted by Gasteiger charge is -1.97. The summed E-state index contributed by atoms with van der Waals surface area (Å²) in [6, 6.07) is 4.30. The van der Waals surface area contributed by atoms with Gasteiger partial charge in [-0.3, -0.25) is 0 Å². The number of hydrogen-bond donors (Lipinski definition) is 1. The van der Waals surface area contributed by atoms with E-state index in [1.807, 2.05) is 0 Å². The lowest BCUT2D eigenvalue weighted by Crippen LogP contribution is -1.88. The molecular formula is C9H9FN4. The monoisotopic (exact) mass is 192 g/mol. The number of azide groups is 1. The number of nitrogen functional groups attached to an aromatic ring is 1. The molecule has 14 heavy (non-hydrogen) atoms. The van der Waals surface area contributed by atoms with E-state index in [-0.39, 0.29) is 12.4 Å². The van der Waals surface area contributed by atoms with E-state index in [0.717, 1.165) is 0 Å². The van der Waals surface area contributed by atoms with Gasteiger partial charge in [-0.2, -0.15) is 0 Å². The van der Waals surface area contributed by atoms with Crippen molar-refractivity contribution in [3.63, 3.8) is 0 Å². The minimum atomic E-state index is -0.351. The summed E-state index contributed by atoms with van der Waals surface area (Å²) in [6.07, 6.45) is 3.10. The molecule has 0 aromatic heterocycles. The van der Waals surface area contributed by atoms with Gasteiger partial charge in [0.1, 0.15) is 5.82 Å². The first-order valence-electron chi connectivity index (χ1n) is 3.96. The quantitative estimate of drug-likeness (QED) is 0.340. The van der Waals surface area contributed by atoms with Crippen LogP contribution in [0.15, 0.2) is 29.4 Å². The minimum Gasteiger partial charge on any atom is -0.399 e. The summed E-state index contributed by atoms with van der Waals surface area (Å²) in [5.41, 5.74) is 14.4. The molecule has 0 aliphatic rings. The van der Waals surface area contributed by atoms with E-state index < -0.39 is 0 Å². The van der Waals surface area contributed by atoms with Crippen molar-refractivity contribution >= 4 is 11.8 Å². The standard InChI is InChI=1S/C9H9FN4/c10-9-4-3-8(11)6-7(9)2-1-5-13-14-12/h1-4,6H,5,11H2. The molecule has 0 bridgehead atoms. The third-order valence-corrected chi connectivity index (χ3v) is 1.57. The molecule has 1 aromatic rings. The second-order valence-corrected chi connectivity index (χ2v) is 2.60. The van der Waals surface area contributed by atoms with Gasteiger partial charge in [0.05, 0.1) is 0 Å². The second kappa shape index (κ2) is 4.89. The van der Waals surface area contributed by atoms with Crippen LogP contribution in [-0.4, -0.2) is 6.54 Å². The average molecular weight is 192 g/mol. The number of nitrogens with zero attached hydrogens (tertiary/aromatic N) is 3. The van der Waals surface area contributed by atoms with Gasteiger partial charge < -0.3 is 5.73 Å². The fourth-order valence-electron chi connectivity index (χ4n) is 0.953. The summed E-state index contributed by atoms with van der Waals surface area (Å²) in [5, 5.41) is 3.28. The maximum atomic E-state index is 13.1. The maximum absolute atomic E-state index is 13.1. The van der Waals surface area contributed by atoms with Crippen LogP contribution in [0.4, 0.5) is 10.1 Å². The Morgan fingerprint density at radius 1 is 1.57 bits per heavy atom. The van der Waals surface area contributed by atoms with Crippen LogP contribution < -0.4 is 5.73 Å². The molecule has 0 atom stereocenters. The number of nitrogens with two attached hydrogens (primary N) is 1. The van der Waals surface area contributed by atoms with E-state index in [2.05, 4.69) is 10.0 Å². The molecule has 0 saturated carbocycles. The molecule has 0 aliphatic heterocycles. The summed E-state index contributed by atoms with van der Waals surface area (Å²) in [5.74, 6) is -0.351. The average Bonchev–Trinajstić information content (AvgIpc) is 2.18. The highest BCUT2D eigenvalue weighted by Crippen LogP contribution is 2.13. The van der Waals surface area contributed by atoms with Crippen LogP contribution in [0.3, 0.4) is 0 Å². The Morgan fingerprint density at radius 3 is 3.07 bits per heavy atom. The predicted molar refractivity (Wildman–Crippen MR) is 53.9 cm³/mol. The van der Waals surface area contributed by atoms with E-state index in [0.29, 0.717) is 11.3 Å². The van der Waals surface area contributed by atoms with E-state index in [1.54, 1.807) is 6.08 Å². The van der Waals surface area contributed by atoms with Crippen LogP contribution in [0, 0.1) is 5.82 Å². The molecule has 0 amide bonds. The minimum absolute atomic E-state index is 0.199. The molecule has 1 aromatic carbocycles. The molecule has 5 heteroatoms. The van der Waals surface area contributed by atoms with E-state index in [1.165, 1.54) is 24.3 Å². The third kappa shape index (κ3) is 2.80. The van der Waals surface area contributed by atoms with Crippen LogP contribution >= 0.6 is 0 Å². The second-order valence-electron chi connectivity index (χ2n) is 2.60. The summed E-state index contributed by atoms with van der Waals surface area (Å²) in [6.45, 7) is 0.199. The Labute approximate surface area is 80.5 Å². The lowest BCUT2D eigenvalue weighted by molar-refractivity contribution is 0.625. The molecule has 4 nitrogen and oxygen atoms in total. The van der Waals surface area contributed by atoms with Gasteiger partial charge in [-0.1, -0.05) is 17.3 Å². The van der Waals surface area contributed by atoms with Gasteiger partial charge in [-0.05, 0) is 23.7 Å². The molecular weight excluding hydrogens is 183 g/mol. The first-order chi connectivity index (χ1) is 6.74.